The van der Waals surface area contributed by atoms with Crippen LogP contribution < -0.4 is 4.90 Å². The summed E-state index contributed by atoms with van der Waals surface area (Å²) in [4.78, 5) is 31.8. The van der Waals surface area contributed by atoms with Crippen molar-refractivity contribution < 1.29 is 14.1 Å². The Labute approximate surface area is 182 Å². The minimum atomic E-state index is -0.503. The number of non-ortho nitro benzene ring substituents is 1. The molecule has 0 bridgehead atoms. The first-order chi connectivity index (χ1) is 14.9. The van der Waals surface area contributed by atoms with Gasteiger partial charge in [0.1, 0.15) is 11.6 Å². The normalized spacial score (nSPS) is 16.4. The van der Waals surface area contributed by atoms with Crippen molar-refractivity contribution in [3.8, 4) is 0 Å². The molecule has 1 unspecified atom stereocenters. The molecule has 0 N–H and O–H groups in total. The highest BCUT2D eigenvalue weighted by atomic mass is 32.1. The molecule has 1 aliphatic heterocycles. The number of rotatable bonds is 5. The molecule has 1 saturated heterocycles. The number of carbonyl (C=O) groups excluding carboxylic acids is 1. The highest BCUT2D eigenvalue weighted by Crippen LogP contribution is 2.24. The van der Waals surface area contributed by atoms with Crippen LogP contribution in [0.25, 0.3) is 0 Å². The average molecular weight is 441 g/mol. The highest BCUT2D eigenvalue weighted by Gasteiger charge is 2.30. The number of piperazine rings is 1. The number of nitro groups is 1. The minimum Gasteiger partial charge on any atom is -0.343 e. The van der Waals surface area contributed by atoms with Crippen molar-refractivity contribution in [1.82, 2.24) is 14.3 Å². The summed E-state index contributed by atoms with van der Waals surface area (Å²) in [6, 6.07) is 12.0. The lowest BCUT2D eigenvalue weighted by atomic mass is 10.1. The van der Waals surface area contributed by atoms with Gasteiger partial charge in [-0.15, -0.1) is 0 Å². The van der Waals surface area contributed by atoms with Crippen molar-refractivity contribution in [3.05, 3.63) is 81.4 Å². The summed E-state index contributed by atoms with van der Waals surface area (Å²) in [5.74, 6) is 0.182. The summed E-state index contributed by atoms with van der Waals surface area (Å²) in [6.45, 7) is 3.61. The lowest BCUT2D eigenvalue weighted by molar-refractivity contribution is -0.384. The Hall–Kier alpha value is -3.40. The standard InChI is InChI=1S/C21H20FN5O3S/c1-14-13-25(21-23-19(24-31-21)11-15-5-7-17(22)8-6-15)9-10-26(14)20(28)16-3-2-4-18(12-16)27(29)30/h2-8,12,14H,9-11,13H2,1H3. The fourth-order valence-electron chi connectivity index (χ4n) is 3.58. The van der Waals surface area contributed by atoms with Gasteiger partial charge in [0.15, 0.2) is 0 Å². The molecule has 0 spiro atoms. The van der Waals surface area contributed by atoms with Gasteiger partial charge in [-0.2, -0.15) is 4.37 Å². The van der Waals surface area contributed by atoms with E-state index < -0.39 is 4.92 Å². The molecule has 3 aromatic rings. The summed E-state index contributed by atoms with van der Waals surface area (Å²) in [5.41, 5.74) is 1.15. The summed E-state index contributed by atoms with van der Waals surface area (Å²) in [5, 5.41) is 11.8. The van der Waals surface area contributed by atoms with E-state index in [1.807, 2.05) is 6.92 Å². The summed E-state index contributed by atoms with van der Waals surface area (Å²) < 4.78 is 17.5. The molecule has 1 fully saturated rings. The van der Waals surface area contributed by atoms with Crippen LogP contribution in [0.3, 0.4) is 0 Å². The Morgan fingerprint density at radius 3 is 2.74 bits per heavy atom. The molecule has 8 nitrogen and oxygen atoms in total. The number of carbonyl (C=O) groups is 1. The zero-order chi connectivity index (χ0) is 22.0. The predicted octanol–water partition coefficient (Wildman–Crippen LogP) is 3.53. The number of amides is 1. The number of hydrogen-bond donors (Lipinski definition) is 0. The number of halogens is 1. The third-order valence-corrected chi connectivity index (χ3v) is 6.01. The largest absolute Gasteiger partial charge is 0.343 e. The fourth-order valence-corrected chi connectivity index (χ4v) is 4.30. The Morgan fingerprint density at radius 2 is 2.03 bits per heavy atom. The summed E-state index contributed by atoms with van der Waals surface area (Å²) in [6.07, 6.45) is 0.525. The van der Waals surface area contributed by atoms with Crippen LogP contribution in [0.1, 0.15) is 28.7 Å². The fraction of sp³-hybridized carbons (Fsp3) is 0.286. The number of nitrogens with zero attached hydrogens (tertiary/aromatic N) is 5. The Bertz CT molecular complexity index is 1100. The van der Waals surface area contributed by atoms with Gasteiger partial charge in [-0.1, -0.05) is 18.2 Å². The van der Waals surface area contributed by atoms with Gasteiger partial charge in [0.05, 0.1) is 4.92 Å². The van der Waals surface area contributed by atoms with E-state index >= 15 is 0 Å². The minimum absolute atomic E-state index is 0.0926. The second-order valence-corrected chi connectivity index (χ2v) is 8.13. The van der Waals surface area contributed by atoms with Crippen molar-refractivity contribution >= 4 is 28.3 Å². The monoisotopic (exact) mass is 441 g/mol. The van der Waals surface area contributed by atoms with Crippen LogP contribution in [0, 0.1) is 15.9 Å². The maximum Gasteiger partial charge on any atom is 0.270 e. The zero-order valence-corrected chi connectivity index (χ0v) is 17.6. The van der Waals surface area contributed by atoms with Gasteiger partial charge < -0.3 is 9.80 Å². The molecule has 31 heavy (non-hydrogen) atoms. The molecule has 4 rings (SSSR count). The first kappa shape index (κ1) is 20.9. The van der Waals surface area contributed by atoms with Gasteiger partial charge in [0.25, 0.3) is 11.6 Å². The van der Waals surface area contributed by atoms with Crippen LogP contribution in [0.5, 0.6) is 0 Å². The molecule has 1 aliphatic rings. The second-order valence-electron chi connectivity index (χ2n) is 7.40. The molecule has 1 amide bonds. The molecule has 2 aromatic carbocycles. The van der Waals surface area contributed by atoms with E-state index in [1.54, 1.807) is 23.1 Å². The highest BCUT2D eigenvalue weighted by molar-refractivity contribution is 7.09. The molecule has 0 saturated carbocycles. The van der Waals surface area contributed by atoms with Crippen LogP contribution in [0.2, 0.25) is 0 Å². The van der Waals surface area contributed by atoms with Crippen LogP contribution in [0.15, 0.2) is 48.5 Å². The van der Waals surface area contributed by atoms with E-state index in [4.69, 9.17) is 0 Å². The maximum atomic E-state index is 13.1. The van der Waals surface area contributed by atoms with Crippen LogP contribution in [0.4, 0.5) is 15.2 Å². The van der Waals surface area contributed by atoms with Gasteiger partial charge in [-0.25, -0.2) is 9.37 Å². The number of hydrogen-bond acceptors (Lipinski definition) is 7. The van der Waals surface area contributed by atoms with E-state index in [1.165, 1.54) is 41.9 Å². The first-order valence-corrected chi connectivity index (χ1v) is 10.6. The van der Waals surface area contributed by atoms with E-state index in [0.717, 1.165) is 10.7 Å². The topological polar surface area (TPSA) is 92.5 Å². The van der Waals surface area contributed by atoms with Gasteiger partial charge >= 0.3 is 0 Å². The van der Waals surface area contributed by atoms with Crippen LogP contribution in [-0.2, 0) is 6.42 Å². The lowest BCUT2D eigenvalue weighted by Gasteiger charge is -2.39. The van der Waals surface area contributed by atoms with Crippen molar-refractivity contribution in [3.63, 3.8) is 0 Å². The smallest absolute Gasteiger partial charge is 0.270 e. The van der Waals surface area contributed by atoms with Gasteiger partial charge in [-0.05, 0) is 30.7 Å². The maximum absolute atomic E-state index is 13.1. The number of benzene rings is 2. The lowest BCUT2D eigenvalue weighted by Crippen LogP contribution is -2.54. The Kier molecular flexibility index (Phi) is 5.90. The van der Waals surface area contributed by atoms with E-state index in [-0.39, 0.29) is 23.5 Å². The zero-order valence-electron chi connectivity index (χ0n) is 16.8. The number of nitro benzene ring substituents is 1. The van der Waals surface area contributed by atoms with Crippen molar-refractivity contribution in [2.75, 3.05) is 24.5 Å². The SMILES string of the molecule is CC1CN(c2nc(Cc3ccc(F)cc3)ns2)CCN1C(=O)c1cccc([N+](=O)[O-])c1. The molecule has 10 heteroatoms. The second kappa shape index (κ2) is 8.76. The molecule has 0 radical (unpaired) electrons. The third-order valence-electron chi connectivity index (χ3n) is 5.20. The molecule has 1 aromatic heterocycles. The Balaban J connectivity index is 1.41. The Morgan fingerprint density at radius 1 is 1.26 bits per heavy atom. The third kappa shape index (κ3) is 4.69. The molecule has 1 atom stereocenters. The quantitative estimate of drug-likeness (QED) is 0.444. The average Bonchev–Trinajstić information content (AvgIpc) is 3.23. The van der Waals surface area contributed by atoms with Crippen LogP contribution in [-0.4, -0.2) is 50.8 Å². The van der Waals surface area contributed by atoms with Crippen LogP contribution >= 0.6 is 11.5 Å². The van der Waals surface area contributed by atoms with Crippen molar-refractivity contribution in [1.29, 1.82) is 0 Å². The summed E-state index contributed by atoms with van der Waals surface area (Å²) >= 11 is 1.30. The van der Waals surface area contributed by atoms with Gasteiger partial charge in [0, 0.05) is 61.3 Å². The summed E-state index contributed by atoms with van der Waals surface area (Å²) in [7, 11) is 0. The molecule has 2 heterocycles. The molecular formula is C21H20FN5O3S. The van der Waals surface area contributed by atoms with Gasteiger partial charge in [0.2, 0.25) is 5.13 Å². The van der Waals surface area contributed by atoms with Crippen molar-refractivity contribution in [2.45, 2.75) is 19.4 Å². The molecular weight excluding hydrogens is 421 g/mol. The van der Waals surface area contributed by atoms with Gasteiger partial charge in [-0.3, -0.25) is 14.9 Å². The number of anilines is 1. The van der Waals surface area contributed by atoms with E-state index in [2.05, 4.69) is 14.3 Å². The molecule has 160 valence electrons. The predicted molar refractivity (Wildman–Crippen MR) is 115 cm³/mol. The molecule has 0 aliphatic carbocycles. The number of aromatic nitrogens is 2. The van der Waals surface area contributed by atoms with E-state index in [9.17, 15) is 19.3 Å². The first-order valence-electron chi connectivity index (χ1n) is 9.78. The van der Waals surface area contributed by atoms with E-state index in [0.29, 0.717) is 37.4 Å². The van der Waals surface area contributed by atoms with Crippen molar-refractivity contribution in [2.24, 2.45) is 0 Å².